The fraction of sp³-hybridized carbons (Fsp3) is 0.450. The molecule has 2 heterocycles. The van der Waals surface area contributed by atoms with E-state index in [4.69, 9.17) is 14.2 Å². The first-order valence-electron chi connectivity index (χ1n) is 8.99. The van der Waals surface area contributed by atoms with Crippen LogP contribution in [0.25, 0.3) is 0 Å². The third-order valence-corrected chi connectivity index (χ3v) is 4.64. The van der Waals surface area contributed by atoms with Gasteiger partial charge in [-0.2, -0.15) is 0 Å². The van der Waals surface area contributed by atoms with Gasteiger partial charge in [-0.3, -0.25) is 9.88 Å². The van der Waals surface area contributed by atoms with Crippen molar-refractivity contribution in [2.45, 2.75) is 19.5 Å². The molecule has 148 valence electrons. The van der Waals surface area contributed by atoms with Gasteiger partial charge in [0.15, 0.2) is 11.5 Å². The lowest BCUT2D eigenvalue weighted by molar-refractivity contribution is 0.153. The van der Waals surface area contributed by atoms with Crippen LogP contribution in [0.5, 0.6) is 17.2 Å². The molecule has 0 aliphatic carbocycles. The Morgan fingerprint density at radius 1 is 1.15 bits per heavy atom. The van der Waals surface area contributed by atoms with Crippen LogP contribution >= 0.6 is 12.4 Å². The number of nitrogens with zero attached hydrogens (tertiary/aromatic N) is 2. The predicted molar refractivity (Wildman–Crippen MR) is 108 cm³/mol. The Bertz CT molecular complexity index is 690. The highest BCUT2D eigenvalue weighted by Gasteiger charge is 2.24. The van der Waals surface area contributed by atoms with Crippen molar-refractivity contribution < 1.29 is 14.2 Å². The number of pyridine rings is 1. The molecule has 1 aliphatic heterocycles. The molecule has 0 bridgehead atoms. The summed E-state index contributed by atoms with van der Waals surface area (Å²) in [6, 6.07) is 8.57. The molecule has 27 heavy (non-hydrogen) atoms. The Morgan fingerprint density at radius 3 is 2.41 bits per heavy atom. The monoisotopic (exact) mass is 393 g/mol. The smallest absolute Gasteiger partial charge is 0.203 e. The lowest BCUT2D eigenvalue weighted by Gasteiger charge is -2.36. The lowest BCUT2D eigenvalue weighted by atomic mass is 10.0. The van der Waals surface area contributed by atoms with Gasteiger partial charge < -0.3 is 19.5 Å². The van der Waals surface area contributed by atoms with E-state index in [1.807, 2.05) is 31.5 Å². The van der Waals surface area contributed by atoms with Crippen LogP contribution < -0.4 is 19.5 Å². The van der Waals surface area contributed by atoms with E-state index in [0.29, 0.717) is 29.9 Å². The van der Waals surface area contributed by atoms with Gasteiger partial charge in [-0.1, -0.05) is 0 Å². The zero-order chi connectivity index (χ0) is 18.4. The largest absolute Gasteiger partial charge is 0.493 e. The van der Waals surface area contributed by atoms with E-state index in [-0.39, 0.29) is 12.4 Å². The number of hydrogen-bond acceptors (Lipinski definition) is 6. The SMILES string of the molecule is CCOc1c(OC)cc(CN2CCNCC2c2ccncc2)cc1OC.Cl. The van der Waals surface area contributed by atoms with Crippen LogP contribution in [0, 0.1) is 0 Å². The first-order valence-corrected chi connectivity index (χ1v) is 8.99. The molecule has 6 nitrogen and oxygen atoms in total. The molecule has 1 saturated heterocycles. The van der Waals surface area contributed by atoms with Gasteiger partial charge in [-0.25, -0.2) is 0 Å². The second-order valence-corrected chi connectivity index (χ2v) is 6.23. The van der Waals surface area contributed by atoms with Crippen molar-refractivity contribution in [2.75, 3.05) is 40.5 Å². The highest BCUT2D eigenvalue weighted by molar-refractivity contribution is 5.85. The Labute approximate surface area is 167 Å². The van der Waals surface area contributed by atoms with Crippen LogP contribution in [0.3, 0.4) is 0 Å². The van der Waals surface area contributed by atoms with E-state index < -0.39 is 0 Å². The minimum absolute atomic E-state index is 0. The van der Waals surface area contributed by atoms with Crippen LogP contribution in [-0.2, 0) is 6.54 Å². The molecule has 3 rings (SSSR count). The maximum atomic E-state index is 5.70. The van der Waals surface area contributed by atoms with E-state index >= 15 is 0 Å². The van der Waals surface area contributed by atoms with E-state index in [9.17, 15) is 0 Å². The standard InChI is InChI=1S/C20H27N3O3.ClH/c1-4-26-20-18(24-2)11-15(12-19(20)25-3)14-23-10-9-22-13-17(23)16-5-7-21-8-6-16;/h5-8,11-12,17,22H,4,9-10,13-14H2,1-3H3;1H. The Kier molecular flexibility index (Phi) is 8.16. The van der Waals surface area contributed by atoms with Gasteiger partial charge in [-0.15, -0.1) is 12.4 Å². The first-order chi connectivity index (χ1) is 12.8. The molecule has 0 spiro atoms. The van der Waals surface area contributed by atoms with Gasteiger partial charge in [0.2, 0.25) is 5.75 Å². The quantitative estimate of drug-likeness (QED) is 0.780. The highest BCUT2D eigenvalue weighted by Crippen LogP contribution is 2.39. The molecule has 0 amide bonds. The van der Waals surface area contributed by atoms with E-state index in [0.717, 1.165) is 31.7 Å². The first kappa shape index (κ1) is 21.3. The molecule has 1 fully saturated rings. The molecule has 1 aromatic carbocycles. The average Bonchev–Trinajstić information content (AvgIpc) is 2.70. The van der Waals surface area contributed by atoms with Gasteiger partial charge in [-0.05, 0) is 42.3 Å². The second-order valence-electron chi connectivity index (χ2n) is 6.23. The van der Waals surface area contributed by atoms with Gasteiger partial charge in [0.05, 0.1) is 20.8 Å². The molecule has 1 atom stereocenters. The zero-order valence-corrected chi connectivity index (χ0v) is 16.9. The van der Waals surface area contributed by atoms with Crippen molar-refractivity contribution in [3.05, 3.63) is 47.8 Å². The van der Waals surface area contributed by atoms with Gasteiger partial charge in [0.1, 0.15) is 0 Å². The number of aromatic nitrogens is 1. The topological polar surface area (TPSA) is 55.9 Å². The van der Waals surface area contributed by atoms with Crippen molar-refractivity contribution in [2.24, 2.45) is 0 Å². The van der Waals surface area contributed by atoms with Crippen molar-refractivity contribution in [1.29, 1.82) is 0 Å². The minimum Gasteiger partial charge on any atom is -0.493 e. The molecule has 0 radical (unpaired) electrons. The minimum atomic E-state index is 0. The van der Waals surface area contributed by atoms with Crippen molar-refractivity contribution >= 4 is 12.4 Å². The van der Waals surface area contributed by atoms with Gasteiger partial charge in [0.25, 0.3) is 0 Å². The summed E-state index contributed by atoms with van der Waals surface area (Å²) in [5.41, 5.74) is 2.42. The van der Waals surface area contributed by atoms with E-state index in [1.165, 1.54) is 5.56 Å². The molecule has 2 aromatic rings. The summed E-state index contributed by atoms with van der Waals surface area (Å²) in [4.78, 5) is 6.61. The number of halogens is 1. The highest BCUT2D eigenvalue weighted by atomic mass is 35.5. The number of methoxy groups -OCH3 is 2. The van der Waals surface area contributed by atoms with Crippen LogP contribution in [0.1, 0.15) is 24.1 Å². The molecule has 1 N–H and O–H groups in total. The molecule has 1 unspecified atom stereocenters. The predicted octanol–water partition coefficient (Wildman–Crippen LogP) is 3.07. The Balaban J connectivity index is 0.00000261. The fourth-order valence-corrected chi connectivity index (χ4v) is 3.40. The number of benzene rings is 1. The molecule has 0 saturated carbocycles. The van der Waals surface area contributed by atoms with Crippen LogP contribution in [-0.4, -0.2) is 50.3 Å². The summed E-state index contributed by atoms with van der Waals surface area (Å²) >= 11 is 0. The van der Waals surface area contributed by atoms with Gasteiger partial charge >= 0.3 is 0 Å². The maximum absolute atomic E-state index is 5.70. The fourth-order valence-electron chi connectivity index (χ4n) is 3.40. The molecular formula is C20H28ClN3O3. The Hall–Kier alpha value is -2.02. The van der Waals surface area contributed by atoms with Crippen LogP contribution in [0.2, 0.25) is 0 Å². The third-order valence-electron chi connectivity index (χ3n) is 4.64. The number of rotatable bonds is 7. The molecule has 7 heteroatoms. The molecule has 1 aliphatic rings. The molecular weight excluding hydrogens is 366 g/mol. The molecule has 1 aromatic heterocycles. The van der Waals surface area contributed by atoms with Gasteiger partial charge in [0, 0.05) is 44.6 Å². The van der Waals surface area contributed by atoms with Crippen LogP contribution in [0.15, 0.2) is 36.7 Å². The number of ether oxygens (including phenoxy) is 3. The summed E-state index contributed by atoms with van der Waals surface area (Å²) in [5.74, 6) is 2.07. The van der Waals surface area contributed by atoms with E-state index in [1.54, 1.807) is 14.2 Å². The third kappa shape index (κ3) is 5.03. The number of piperazine rings is 1. The summed E-state index contributed by atoms with van der Waals surface area (Å²) in [6.07, 6.45) is 3.70. The normalized spacial score (nSPS) is 17.1. The average molecular weight is 394 g/mol. The van der Waals surface area contributed by atoms with Crippen molar-refractivity contribution in [3.8, 4) is 17.2 Å². The maximum Gasteiger partial charge on any atom is 0.203 e. The van der Waals surface area contributed by atoms with Crippen molar-refractivity contribution in [1.82, 2.24) is 15.2 Å². The number of hydrogen-bond donors (Lipinski definition) is 1. The summed E-state index contributed by atoms with van der Waals surface area (Å²) in [6.45, 7) is 6.21. The lowest BCUT2D eigenvalue weighted by Crippen LogP contribution is -2.45. The summed E-state index contributed by atoms with van der Waals surface area (Å²) in [7, 11) is 3.32. The second kappa shape index (κ2) is 10.3. The summed E-state index contributed by atoms with van der Waals surface area (Å²) < 4.78 is 16.8. The zero-order valence-electron chi connectivity index (χ0n) is 16.1. The van der Waals surface area contributed by atoms with E-state index in [2.05, 4.69) is 27.3 Å². The Morgan fingerprint density at radius 2 is 1.81 bits per heavy atom. The van der Waals surface area contributed by atoms with Crippen LogP contribution in [0.4, 0.5) is 0 Å². The number of nitrogens with one attached hydrogen (secondary N) is 1. The van der Waals surface area contributed by atoms with Crippen molar-refractivity contribution in [3.63, 3.8) is 0 Å². The summed E-state index contributed by atoms with van der Waals surface area (Å²) in [5, 5.41) is 3.49.